The Morgan fingerprint density at radius 1 is 1.61 bits per heavy atom. The fraction of sp³-hybridized carbons (Fsp3) is 0.462. The number of hydrogen-bond acceptors (Lipinski definition) is 3. The van der Waals surface area contributed by atoms with Crippen LogP contribution in [0.5, 0.6) is 0 Å². The first-order valence-corrected chi connectivity index (χ1v) is 6.41. The predicted molar refractivity (Wildman–Crippen MR) is 71.7 cm³/mol. The second-order valence-corrected chi connectivity index (χ2v) is 4.94. The van der Waals surface area contributed by atoms with Gasteiger partial charge in [-0.1, -0.05) is 17.7 Å². The van der Waals surface area contributed by atoms with Crippen molar-refractivity contribution in [1.82, 2.24) is 5.32 Å². The summed E-state index contributed by atoms with van der Waals surface area (Å²) in [5.74, 6) is 0.184. The molecule has 1 amide bonds. The van der Waals surface area contributed by atoms with Crippen molar-refractivity contribution in [1.29, 1.82) is 0 Å². The van der Waals surface area contributed by atoms with Crippen LogP contribution in [0.1, 0.15) is 23.7 Å². The molecule has 18 heavy (non-hydrogen) atoms. The van der Waals surface area contributed by atoms with Gasteiger partial charge in [-0.05, 0) is 25.5 Å². The third-order valence-electron chi connectivity index (χ3n) is 3.36. The summed E-state index contributed by atoms with van der Waals surface area (Å²) >= 11 is 5.88. The van der Waals surface area contributed by atoms with Gasteiger partial charge < -0.3 is 15.8 Å². The van der Waals surface area contributed by atoms with Gasteiger partial charge in [0.25, 0.3) is 5.91 Å². The maximum Gasteiger partial charge on any atom is 0.253 e. The molecule has 5 heteroatoms. The van der Waals surface area contributed by atoms with E-state index < -0.39 is 0 Å². The molecule has 2 atom stereocenters. The Kier molecular flexibility index (Phi) is 4.09. The van der Waals surface area contributed by atoms with Crippen molar-refractivity contribution >= 4 is 23.2 Å². The SMILES string of the molecule is CC1OCCC1CNC(=O)c1cccc(Cl)c1N. The van der Waals surface area contributed by atoms with E-state index in [4.69, 9.17) is 22.1 Å². The number of para-hydroxylation sites is 1. The lowest BCUT2D eigenvalue weighted by atomic mass is 10.0. The number of hydrogen-bond donors (Lipinski definition) is 2. The van der Waals surface area contributed by atoms with Crippen molar-refractivity contribution in [2.24, 2.45) is 5.92 Å². The minimum absolute atomic E-state index is 0.186. The Morgan fingerprint density at radius 2 is 2.39 bits per heavy atom. The molecule has 0 spiro atoms. The predicted octanol–water partition coefficient (Wildman–Crippen LogP) is 2.08. The Hall–Kier alpha value is -1.26. The van der Waals surface area contributed by atoms with Crippen LogP contribution in [0.4, 0.5) is 5.69 Å². The van der Waals surface area contributed by atoms with Crippen LogP contribution in [0.2, 0.25) is 5.02 Å². The van der Waals surface area contributed by atoms with Crippen LogP contribution in [0.25, 0.3) is 0 Å². The molecule has 1 aliphatic heterocycles. The summed E-state index contributed by atoms with van der Waals surface area (Å²) < 4.78 is 5.45. The highest BCUT2D eigenvalue weighted by Crippen LogP contribution is 2.23. The summed E-state index contributed by atoms with van der Waals surface area (Å²) in [5.41, 5.74) is 6.53. The number of halogens is 1. The van der Waals surface area contributed by atoms with E-state index in [1.54, 1.807) is 18.2 Å². The summed E-state index contributed by atoms with van der Waals surface area (Å²) in [4.78, 5) is 12.0. The van der Waals surface area contributed by atoms with Crippen molar-refractivity contribution in [3.8, 4) is 0 Å². The molecule has 2 rings (SSSR count). The zero-order valence-corrected chi connectivity index (χ0v) is 11.0. The Labute approximate surface area is 111 Å². The number of nitrogens with two attached hydrogens (primary N) is 1. The normalized spacial score (nSPS) is 23.0. The van der Waals surface area contributed by atoms with E-state index >= 15 is 0 Å². The van der Waals surface area contributed by atoms with Crippen molar-refractivity contribution in [3.63, 3.8) is 0 Å². The molecule has 1 heterocycles. The van der Waals surface area contributed by atoms with Gasteiger partial charge in [0.1, 0.15) is 0 Å². The fourth-order valence-electron chi connectivity index (χ4n) is 2.10. The maximum atomic E-state index is 12.0. The van der Waals surface area contributed by atoms with Gasteiger partial charge in [-0.15, -0.1) is 0 Å². The molecule has 0 radical (unpaired) electrons. The number of anilines is 1. The smallest absolute Gasteiger partial charge is 0.253 e. The van der Waals surface area contributed by atoms with Gasteiger partial charge in [-0.25, -0.2) is 0 Å². The largest absolute Gasteiger partial charge is 0.397 e. The van der Waals surface area contributed by atoms with Crippen molar-refractivity contribution in [3.05, 3.63) is 28.8 Å². The van der Waals surface area contributed by atoms with E-state index in [1.807, 2.05) is 6.92 Å². The standard InChI is InChI=1S/C13H17ClN2O2/c1-8-9(5-6-18-8)7-16-13(17)10-3-2-4-11(14)12(10)15/h2-4,8-9H,5-7,15H2,1H3,(H,16,17). The zero-order chi connectivity index (χ0) is 13.1. The van der Waals surface area contributed by atoms with Gasteiger partial charge in [0.2, 0.25) is 0 Å². The monoisotopic (exact) mass is 268 g/mol. The molecule has 1 fully saturated rings. The van der Waals surface area contributed by atoms with E-state index in [0.717, 1.165) is 13.0 Å². The van der Waals surface area contributed by atoms with Gasteiger partial charge in [0.05, 0.1) is 22.4 Å². The molecule has 2 unspecified atom stereocenters. The first-order valence-electron chi connectivity index (χ1n) is 6.03. The molecule has 1 aliphatic rings. The average molecular weight is 269 g/mol. The van der Waals surface area contributed by atoms with Gasteiger partial charge in [-0.3, -0.25) is 4.79 Å². The van der Waals surface area contributed by atoms with Crippen molar-refractivity contribution < 1.29 is 9.53 Å². The van der Waals surface area contributed by atoms with Crippen molar-refractivity contribution in [2.45, 2.75) is 19.4 Å². The molecule has 4 nitrogen and oxygen atoms in total. The molecule has 0 aromatic heterocycles. The molecule has 0 bridgehead atoms. The number of nitrogens with one attached hydrogen (secondary N) is 1. The molecular weight excluding hydrogens is 252 g/mol. The van der Waals surface area contributed by atoms with Crippen LogP contribution in [0, 0.1) is 5.92 Å². The summed E-state index contributed by atoms with van der Waals surface area (Å²) in [6.45, 7) is 3.39. The minimum atomic E-state index is -0.186. The molecule has 0 aliphatic carbocycles. The number of rotatable bonds is 3. The summed E-state index contributed by atoms with van der Waals surface area (Å²) in [7, 11) is 0. The second-order valence-electron chi connectivity index (χ2n) is 4.54. The highest BCUT2D eigenvalue weighted by molar-refractivity contribution is 6.33. The van der Waals surface area contributed by atoms with E-state index in [2.05, 4.69) is 5.32 Å². The molecule has 1 aromatic rings. The molecule has 1 aromatic carbocycles. The van der Waals surface area contributed by atoms with Crippen LogP contribution in [-0.4, -0.2) is 25.2 Å². The molecule has 98 valence electrons. The topological polar surface area (TPSA) is 64.3 Å². The van der Waals surface area contributed by atoms with Gasteiger partial charge in [-0.2, -0.15) is 0 Å². The van der Waals surface area contributed by atoms with Crippen LogP contribution < -0.4 is 11.1 Å². The molecule has 3 N–H and O–H groups in total. The zero-order valence-electron chi connectivity index (χ0n) is 10.3. The Bertz CT molecular complexity index is 451. The lowest BCUT2D eigenvalue weighted by Crippen LogP contribution is -2.32. The third kappa shape index (κ3) is 2.76. The minimum Gasteiger partial charge on any atom is -0.397 e. The fourth-order valence-corrected chi connectivity index (χ4v) is 2.27. The molecular formula is C13H17ClN2O2. The number of carbonyl (C=O) groups is 1. The van der Waals surface area contributed by atoms with Crippen LogP contribution >= 0.6 is 11.6 Å². The third-order valence-corrected chi connectivity index (χ3v) is 3.69. The summed E-state index contributed by atoms with van der Waals surface area (Å²) in [6.07, 6.45) is 1.17. The van der Waals surface area contributed by atoms with Crippen LogP contribution in [0.3, 0.4) is 0 Å². The first-order chi connectivity index (χ1) is 8.59. The van der Waals surface area contributed by atoms with Gasteiger partial charge in [0, 0.05) is 19.1 Å². The van der Waals surface area contributed by atoms with E-state index in [-0.39, 0.29) is 12.0 Å². The quantitative estimate of drug-likeness (QED) is 0.825. The highest BCUT2D eigenvalue weighted by Gasteiger charge is 2.24. The number of carbonyl (C=O) groups excluding carboxylic acids is 1. The van der Waals surface area contributed by atoms with Crippen LogP contribution in [-0.2, 0) is 4.74 Å². The number of ether oxygens (including phenoxy) is 1. The van der Waals surface area contributed by atoms with E-state index in [1.165, 1.54) is 0 Å². The van der Waals surface area contributed by atoms with E-state index in [9.17, 15) is 4.79 Å². The first kappa shape index (κ1) is 13.2. The lowest BCUT2D eigenvalue weighted by molar-refractivity contribution is 0.0908. The number of nitrogen functional groups attached to an aromatic ring is 1. The van der Waals surface area contributed by atoms with Gasteiger partial charge in [0.15, 0.2) is 0 Å². The van der Waals surface area contributed by atoms with E-state index in [0.29, 0.717) is 28.7 Å². The number of benzene rings is 1. The highest BCUT2D eigenvalue weighted by atomic mass is 35.5. The molecule has 1 saturated heterocycles. The Morgan fingerprint density at radius 3 is 3.06 bits per heavy atom. The second kappa shape index (κ2) is 5.59. The van der Waals surface area contributed by atoms with Crippen LogP contribution in [0.15, 0.2) is 18.2 Å². The maximum absolute atomic E-state index is 12.0. The number of amides is 1. The summed E-state index contributed by atoms with van der Waals surface area (Å²) in [6, 6.07) is 5.06. The molecule has 0 saturated carbocycles. The van der Waals surface area contributed by atoms with Gasteiger partial charge >= 0.3 is 0 Å². The average Bonchev–Trinajstić information content (AvgIpc) is 2.75. The van der Waals surface area contributed by atoms with Crippen molar-refractivity contribution in [2.75, 3.05) is 18.9 Å². The summed E-state index contributed by atoms with van der Waals surface area (Å²) in [5, 5.41) is 3.28. The Balaban J connectivity index is 1.97. The lowest BCUT2D eigenvalue weighted by Gasteiger charge is -2.15.